The van der Waals surface area contributed by atoms with Crippen LogP contribution in [0.3, 0.4) is 0 Å². The van der Waals surface area contributed by atoms with Gasteiger partial charge in [0.15, 0.2) is 0 Å². The van der Waals surface area contributed by atoms with Crippen molar-refractivity contribution in [2.24, 2.45) is 5.92 Å². The first-order valence-electron chi connectivity index (χ1n) is 7.44. The lowest BCUT2D eigenvalue weighted by molar-refractivity contribution is 0.204. The van der Waals surface area contributed by atoms with Gasteiger partial charge >= 0.3 is 0 Å². The summed E-state index contributed by atoms with van der Waals surface area (Å²) in [5, 5.41) is 6.86. The maximum Gasteiger partial charge on any atom is 0.107 e. The van der Waals surface area contributed by atoms with Crippen molar-refractivity contribution in [1.82, 2.24) is 15.2 Å². The molecule has 0 radical (unpaired) electrons. The van der Waals surface area contributed by atoms with E-state index in [-0.39, 0.29) is 0 Å². The van der Waals surface area contributed by atoms with Crippen LogP contribution in [-0.4, -0.2) is 29.0 Å². The van der Waals surface area contributed by atoms with Gasteiger partial charge in [0.2, 0.25) is 0 Å². The van der Waals surface area contributed by atoms with Gasteiger partial charge < -0.3 is 5.32 Å². The van der Waals surface area contributed by atoms with Gasteiger partial charge in [-0.05, 0) is 32.4 Å². The molecule has 1 aromatic rings. The van der Waals surface area contributed by atoms with Crippen molar-refractivity contribution in [3.05, 3.63) is 16.1 Å². The third-order valence-corrected chi connectivity index (χ3v) is 4.31. The number of hydrogen-bond donors (Lipinski definition) is 1. The molecular formula is C15H29N3S. The summed E-state index contributed by atoms with van der Waals surface area (Å²) in [6.45, 7) is 15.2. The first-order chi connectivity index (χ1) is 9.06. The lowest BCUT2D eigenvalue weighted by atomic mass is 10.2. The van der Waals surface area contributed by atoms with Gasteiger partial charge in [0.05, 0.1) is 5.69 Å². The number of nitrogens with zero attached hydrogens (tertiary/aromatic N) is 2. The smallest absolute Gasteiger partial charge is 0.107 e. The van der Waals surface area contributed by atoms with Crippen LogP contribution in [0.5, 0.6) is 0 Å². The number of aromatic nitrogens is 1. The van der Waals surface area contributed by atoms with Crippen LogP contribution in [0.2, 0.25) is 0 Å². The van der Waals surface area contributed by atoms with E-state index in [1.54, 1.807) is 11.3 Å². The minimum Gasteiger partial charge on any atom is -0.310 e. The van der Waals surface area contributed by atoms with Gasteiger partial charge in [0.1, 0.15) is 5.01 Å². The summed E-state index contributed by atoms with van der Waals surface area (Å²) in [6.07, 6.45) is 1.20. The summed E-state index contributed by atoms with van der Waals surface area (Å²) >= 11 is 1.77. The first kappa shape index (κ1) is 16.6. The Morgan fingerprint density at radius 3 is 2.63 bits per heavy atom. The van der Waals surface area contributed by atoms with Crippen LogP contribution in [-0.2, 0) is 13.1 Å². The monoisotopic (exact) mass is 283 g/mol. The normalized spacial score (nSPS) is 13.4. The highest BCUT2D eigenvalue weighted by Gasteiger charge is 2.12. The van der Waals surface area contributed by atoms with Gasteiger partial charge in [-0.3, -0.25) is 4.90 Å². The Balaban J connectivity index is 2.45. The minimum atomic E-state index is 0.634. The third-order valence-electron chi connectivity index (χ3n) is 3.41. The molecule has 4 heteroatoms. The molecule has 0 bridgehead atoms. The van der Waals surface area contributed by atoms with Gasteiger partial charge in [-0.25, -0.2) is 4.98 Å². The van der Waals surface area contributed by atoms with Gasteiger partial charge in [0, 0.05) is 24.5 Å². The number of hydrogen-bond acceptors (Lipinski definition) is 4. The van der Waals surface area contributed by atoms with Crippen molar-refractivity contribution in [3.63, 3.8) is 0 Å². The average molecular weight is 283 g/mol. The van der Waals surface area contributed by atoms with Crippen molar-refractivity contribution in [1.29, 1.82) is 0 Å². The van der Waals surface area contributed by atoms with Gasteiger partial charge in [-0.1, -0.05) is 27.7 Å². The summed E-state index contributed by atoms with van der Waals surface area (Å²) in [5.74, 6) is 0.695. The van der Waals surface area contributed by atoms with E-state index in [0.717, 1.165) is 26.2 Å². The van der Waals surface area contributed by atoms with Crippen LogP contribution in [0.25, 0.3) is 0 Å². The molecule has 1 aromatic heterocycles. The third kappa shape index (κ3) is 6.02. The van der Waals surface area contributed by atoms with Crippen LogP contribution in [0.4, 0.5) is 0 Å². The van der Waals surface area contributed by atoms with E-state index in [9.17, 15) is 0 Å². The van der Waals surface area contributed by atoms with Gasteiger partial charge in [0.25, 0.3) is 0 Å². The van der Waals surface area contributed by atoms with E-state index in [1.165, 1.54) is 17.1 Å². The molecule has 0 aliphatic heterocycles. The Labute approximate surface area is 122 Å². The van der Waals surface area contributed by atoms with Crippen LogP contribution in [0.1, 0.15) is 51.7 Å². The van der Waals surface area contributed by atoms with Crippen molar-refractivity contribution in [3.8, 4) is 0 Å². The number of rotatable bonds is 9. The van der Waals surface area contributed by atoms with Crippen molar-refractivity contribution in [2.45, 2.75) is 60.2 Å². The topological polar surface area (TPSA) is 28.2 Å². The highest BCUT2D eigenvalue weighted by Crippen LogP contribution is 2.14. The highest BCUT2D eigenvalue weighted by atomic mass is 32.1. The fourth-order valence-electron chi connectivity index (χ4n) is 2.02. The Kier molecular flexibility index (Phi) is 7.57. The van der Waals surface area contributed by atoms with Crippen LogP contribution < -0.4 is 5.32 Å². The van der Waals surface area contributed by atoms with E-state index in [4.69, 9.17) is 4.98 Å². The summed E-state index contributed by atoms with van der Waals surface area (Å²) in [4.78, 5) is 7.21. The molecule has 3 nitrogen and oxygen atoms in total. The van der Waals surface area contributed by atoms with E-state index < -0.39 is 0 Å². The molecule has 110 valence electrons. The summed E-state index contributed by atoms with van der Waals surface area (Å²) in [5.41, 5.74) is 1.22. The zero-order valence-corrected chi connectivity index (χ0v) is 13.9. The lowest BCUT2D eigenvalue weighted by Crippen LogP contribution is -2.31. The number of nitrogens with one attached hydrogen (secondary N) is 1. The Morgan fingerprint density at radius 2 is 2.05 bits per heavy atom. The molecule has 0 saturated heterocycles. The second-order valence-electron chi connectivity index (χ2n) is 5.58. The number of thiazole rings is 1. The zero-order chi connectivity index (χ0) is 14.3. The molecule has 0 aliphatic rings. The molecule has 1 heterocycles. The summed E-state index contributed by atoms with van der Waals surface area (Å²) in [7, 11) is 0. The largest absolute Gasteiger partial charge is 0.310 e. The molecule has 19 heavy (non-hydrogen) atoms. The zero-order valence-electron chi connectivity index (χ0n) is 13.1. The van der Waals surface area contributed by atoms with Crippen molar-refractivity contribution >= 4 is 11.3 Å². The molecular weight excluding hydrogens is 254 g/mol. The molecule has 0 aromatic carbocycles. The fraction of sp³-hybridized carbons (Fsp3) is 0.800. The standard InChI is InChI=1S/C15H29N3S/c1-6-13(5)18(7-2)10-14-11-19-15(17-14)9-16-8-12(3)4/h11-13,16H,6-10H2,1-5H3. The van der Waals surface area contributed by atoms with E-state index in [0.29, 0.717) is 12.0 Å². The first-order valence-corrected chi connectivity index (χ1v) is 8.32. The molecule has 0 fully saturated rings. The molecule has 1 atom stereocenters. The lowest BCUT2D eigenvalue weighted by Gasteiger charge is -2.25. The quantitative estimate of drug-likeness (QED) is 0.752. The summed E-state index contributed by atoms with van der Waals surface area (Å²) in [6, 6.07) is 0.634. The Hall–Kier alpha value is -0.450. The molecule has 0 saturated carbocycles. The molecule has 1 unspecified atom stereocenters. The predicted molar refractivity (Wildman–Crippen MR) is 84.5 cm³/mol. The SMILES string of the molecule is CCC(C)N(CC)Cc1csc(CNCC(C)C)n1. The molecule has 1 N–H and O–H groups in total. The highest BCUT2D eigenvalue weighted by molar-refractivity contribution is 7.09. The second-order valence-corrected chi connectivity index (χ2v) is 6.52. The minimum absolute atomic E-state index is 0.634. The molecule has 0 amide bonds. The van der Waals surface area contributed by atoms with Crippen molar-refractivity contribution < 1.29 is 0 Å². The Bertz CT molecular complexity index is 349. The van der Waals surface area contributed by atoms with Gasteiger partial charge in [-0.2, -0.15) is 0 Å². The molecule has 1 rings (SSSR count). The average Bonchev–Trinajstić information content (AvgIpc) is 2.82. The predicted octanol–water partition coefficient (Wildman–Crippen LogP) is 3.51. The van der Waals surface area contributed by atoms with E-state index in [1.807, 2.05) is 0 Å². The Morgan fingerprint density at radius 1 is 1.32 bits per heavy atom. The second kappa shape index (κ2) is 8.67. The van der Waals surface area contributed by atoms with Crippen LogP contribution >= 0.6 is 11.3 Å². The van der Waals surface area contributed by atoms with Crippen LogP contribution in [0.15, 0.2) is 5.38 Å². The van der Waals surface area contributed by atoms with Crippen molar-refractivity contribution in [2.75, 3.05) is 13.1 Å². The molecule has 0 spiro atoms. The van der Waals surface area contributed by atoms with Crippen LogP contribution in [0, 0.1) is 5.92 Å². The fourth-order valence-corrected chi connectivity index (χ4v) is 2.77. The van der Waals surface area contributed by atoms with E-state index in [2.05, 4.69) is 50.2 Å². The van der Waals surface area contributed by atoms with E-state index >= 15 is 0 Å². The summed E-state index contributed by atoms with van der Waals surface area (Å²) < 4.78 is 0. The maximum atomic E-state index is 4.73. The van der Waals surface area contributed by atoms with Gasteiger partial charge in [-0.15, -0.1) is 11.3 Å². The molecule has 0 aliphatic carbocycles. The maximum absolute atomic E-state index is 4.73.